The number of anilines is 2. The molecule has 0 bridgehead atoms. The van der Waals surface area contributed by atoms with Crippen LogP contribution >= 0.6 is 24.4 Å². The number of carbonyl (C=O) groups is 2. The SMILES string of the molecule is CN1C(=O)C(N(S)C(=O)Nc2cccc3cnccc23)N=C(c2ccccc2)c2cc(Cl)ccc21. The molecule has 0 spiro atoms. The highest BCUT2D eigenvalue weighted by Crippen LogP contribution is 2.31. The minimum absolute atomic E-state index is 0.410. The largest absolute Gasteiger partial charge is 0.334 e. The van der Waals surface area contributed by atoms with Gasteiger partial charge in [0.25, 0.3) is 5.91 Å². The van der Waals surface area contributed by atoms with Gasteiger partial charge in [0.2, 0.25) is 6.17 Å². The zero-order valence-electron chi connectivity index (χ0n) is 18.6. The highest BCUT2D eigenvalue weighted by molar-refractivity contribution is 7.78. The van der Waals surface area contributed by atoms with Crippen LogP contribution in [0.2, 0.25) is 5.02 Å². The van der Waals surface area contributed by atoms with Gasteiger partial charge in [0, 0.05) is 46.4 Å². The third kappa shape index (κ3) is 4.34. The zero-order valence-corrected chi connectivity index (χ0v) is 20.2. The summed E-state index contributed by atoms with van der Waals surface area (Å²) in [5.74, 6) is -0.410. The summed E-state index contributed by atoms with van der Waals surface area (Å²) in [6.07, 6.45) is 2.15. The van der Waals surface area contributed by atoms with E-state index in [2.05, 4.69) is 23.1 Å². The van der Waals surface area contributed by atoms with E-state index in [-0.39, 0.29) is 0 Å². The highest BCUT2D eigenvalue weighted by Gasteiger charge is 2.35. The average Bonchev–Trinajstić information content (AvgIpc) is 2.98. The molecule has 0 saturated carbocycles. The molecule has 35 heavy (non-hydrogen) atoms. The van der Waals surface area contributed by atoms with Gasteiger partial charge in [-0.2, -0.15) is 0 Å². The number of likely N-dealkylation sites (N-methyl/N-ethyl adjacent to an activating group) is 1. The Balaban J connectivity index is 1.55. The van der Waals surface area contributed by atoms with Gasteiger partial charge in [-0.15, -0.1) is 0 Å². The summed E-state index contributed by atoms with van der Waals surface area (Å²) < 4.78 is 1.01. The predicted molar refractivity (Wildman–Crippen MR) is 142 cm³/mol. The van der Waals surface area contributed by atoms with E-state index in [1.165, 1.54) is 4.90 Å². The summed E-state index contributed by atoms with van der Waals surface area (Å²) in [4.78, 5) is 37.1. The molecule has 3 aromatic carbocycles. The Bertz CT molecular complexity index is 1470. The van der Waals surface area contributed by atoms with E-state index in [0.29, 0.717) is 27.7 Å². The zero-order chi connectivity index (χ0) is 24.5. The molecule has 9 heteroatoms. The van der Waals surface area contributed by atoms with Crippen molar-refractivity contribution >= 4 is 64.2 Å². The minimum atomic E-state index is -1.22. The van der Waals surface area contributed by atoms with E-state index in [0.717, 1.165) is 20.6 Å². The molecule has 2 heterocycles. The first-order chi connectivity index (χ1) is 16.9. The number of fused-ring (bicyclic) bond motifs is 2. The van der Waals surface area contributed by atoms with Gasteiger partial charge in [0.05, 0.1) is 17.1 Å². The van der Waals surface area contributed by atoms with E-state index in [1.54, 1.807) is 43.7 Å². The molecule has 0 aliphatic carbocycles. The molecule has 1 unspecified atom stereocenters. The lowest BCUT2D eigenvalue weighted by Gasteiger charge is -2.26. The summed E-state index contributed by atoms with van der Waals surface area (Å²) in [6, 6.07) is 21.4. The number of benzene rings is 3. The van der Waals surface area contributed by atoms with Crippen molar-refractivity contribution in [2.24, 2.45) is 4.99 Å². The number of pyridine rings is 1. The van der Waals surface area contributed by atoms with Gasteiger partial charge in [-0.3, -0.25) is 9.78 Å². The van der Waals surface area contributed by atoms with E-state index in [1.807, 2.05) is 48.5 Å². The first-order valence-corrected chi connectivity index (χ1v) is 11.5. The summed E-state index contributed by atoms with van der Waals surface area (Å²) in [6.45, 7) is 0. The van der Waals surface area contributed by atoms with Crippen molar-refractivity contribution in [1.82, 2.24) is 9.29 Å². The van der Waals surface area contributed by atoms with Gasteiger partial charge in [-0.25, -0.2) is 14.1 Å². The fourth-order valence-corrected chi connectivity index (χ4v) is 4.40. The number of hydrogen-bond acceptors (Lipinski definition) is 5. The first kappa shape index (κ1) is 22.9. The van der Waals surface area contributed by atoms with Crippen LogP contribution in [-0.4, -0.2) is 40.2 Å². The molecular weight excluding hydrogens is 482 g/mol. The fourth-order valence-electron chi connectivity index (χ4n) is 4.03. The van der Waals surface area contributed by atoms with Crippen molar-refractivity contribution in [2.45, 2.75) is 6.17 Å². The van der Waals surface area contributed by atoms with Gasteiger partial charge in [0.1, 0.15) is 0 Å². The second kappa shape index (κ2) is 9.40. The Kier molecular flexibility index (Phi) is 6.15. The van der Waals surface area contributed by atoms with E-state index < -0.39 is 18.1 Å². The van der Waals surface area contributed by atoms with Crippen LogP contribution in [0.5, 0.6) is 0 Å². The van der Waals surface area contributed by atoms with Crippen LogP contribution in [0.4, 0.5) is 16.2 Å². The molecule has 0 fully saturated rings. The molecule has 1 aromatic heterocycles. The normalized spacial score (nSPS) is 15.3. The summed E-state index contributed by atoms with van der Waals surface area (Å²) in [5.41, 5.74) is 3.21. The third-order valence-electron chi connectivity index (χ3n) is 5.79. The van der Waals surface area contributed by atoms with Gasteiger partial charge < -0.3 is 10.2 Å². The van der Waals surface area contributed by atoms with E-state index in [4.69, 9.17) is 16.6 Å². The molecule has 3 amide bonds. The van der Waals surface area contributed by atoms with Crippen LogP contribution in [0.25, 0.3) is 10.8 Å². The maximum absolute atomic E-state index is 13.5. The number of hydrogen-bond donors (Lipinski definition) is 2. The van der Waals surface area contributed by atoms with Crippen molar-refractivity contribution in [3.05, 3.63) is 101 Å². The van der Waals surface area contributed by atoms with Crippen LogP contribution in [0, 0.1) is 0 Å². The quantitative estimate of drug-likeness (QED) is 0.369. The lowest BCUT2D eigenvalue weighted by atomic mass is 10.0. The van der Waals surface area contributed by atoms with Gasteiger partial charge in [-0.05, 0) is 30.3 Å². The van der Waals surface area contributed by atoms with Crippen molar-refractivity contribution < 1.29 is 9.59 Å². The molecule has 7 nitrogen and oxygen atoms in total. The predicted octanol–water partition coefficient (Wildman–Crippen LogP) is 5.41. The number of carbonyl (C=O) groups excluding carboxylic acids is 2. The Morgan fingerprint density at radius 3 is 2.69 bits per heavy atom. The first-order valence-electron chi connectivity index (χ1n) is 10.8. The molecule has 5 rings (SSSR count). The molecule has 0 radical (unpaired) electrons. The lowest BCUT2D eigenvalue weighted by molar-refractivity contribution is -0.121. The molecule has 1 aliphatic rings. The number of nitrogens with one attached hydrogen (secondary N) is 1. The number of urea groups is 1. The minimum Gasteiger partial charge on any atom is -0.311 e. The monoisotopic (exact) mass is 501 g/mol. The molecule has 0 saturated heterocycles. The Morgan fingerprint density at radius 2 is 1.89 bits per heavy atom. The number of nitrogens with zero attached hydrogens (tertiary/aromatic N) is 4. The maximum atomic E-state index is 13.5. The molecular formula is C26H20ClN5O2S. The number of aliphatic imine (C=N–C) groups is 1. The smallest absolute Gasteiger partial charge is 0.311 e. The number of aromatic nitrogens is 1. The molecule has 174 valence electrons. The highest BCUT2D eigenvalue weighted by atomic mass is 35.5. The second-order valence-corrected chi connectivity index (χ2v) is 8.82. The summed E-state index contributed by atoms with van der Waals surface area (Å²) in [5, 5.41) is 5.05. The lowest BCUT2D eigenvalue weighted by Crippen LogP contribution is -2.46. The van der Waals surface area contributed by atoms with Crippen LogP contribution in [0.15, 0.2) is 90.2 Å². The van der Waals surface area contributed by atoms with Gasteiger partial charge in [0.15, 0.2) is 0 Å². The van der Waals surface area contributed by atoms with Crippen molar-refractivity contribution in [1.29, 1.82) is 0 Å². The van der Waals surface area contributed by atoms with Gasteiger partial charge in [-0.1, -0.05) is 66.9 Å². The van der Waals surface area contributed by atoms with E-state index >= 15 is 0 Å². The Morgan fingerprint density at radius 1 is 1.09 bits per heavy atom. The number of amides is 3. The van der Waals surface area contributed by atoms with Crippen molar-refractivity contribution in [2.75, 3.05) is 17.3 Å². The standard InChI is InChI=1S/C26H20ClN5O2S/c1-31-22-11-10-18(27)14-20(22)23(16-6-3-2-4-7-16)30-24(25(31)33)32(35)26(34)29-21-9-5-8-17-15-28-13-12-19(17)21/h2-15,24,35H,1H3,(H,29,34). The fraction of sp³-hybridized carbons (Fsp3) is 0.0769. The van der Waals surface area contributed by atoms with Crippen LogP contribution in [-0.2, 0) is 4.79 Å². The van der Waals surface area contributed by atoms with Crippen molar-refractivity contribution in [3.63, 3.8) is 0 Å². The summed E-state index contributed by atoms with van der Waals surface area (Å²) >= 11 is 10.7. The van der Waals surface area contributed by atoms with Crippen LogP contribution in [0.1, 0.15) is 11.1 Å². The molecule has 1 aliphatic heterocycles. The van der Waals surface area contributed by atoms with Crippen molar-refractivity contribution in [3.8, 4) is 0 Å². The van der Waals surface area contributed by atoms with Gasteiger partial charge >= 0.3 is 6.03 Å². The number of halogens is 1. The second-order valence-electron chi connectivity index (χ2n) is 7.95. The Labute approximate surface area is 212 Å². The molecule has 4 aromatic rings. The van der Waals surface area contributed by atoms with Crippen LogP contribution < -0.4 is 10.2 Å². The summed E-state index contributed by atoms with van der Waals surface area (Å²) in [7, 11) is 1.64. The maximum Gasteiger partial charge on any atom is 0.334 e. The van der Waals surface area contributed by atoms with Crippen LogP contribution in [0.3, 0.4) is 0 Å². The number of thiol groups is 1. The number of rotatable bonds is 3. The van der Waals surface area contributed by atoms with E-state index in [9.17, 15) is 9.59 Å². The number of benzodiazepines with no additional fused rings is 1. The average molecular weight is 502 g/mol. The molecule has 1 atom stereocenters. The third-order valence-corrected chi connectivity index (χ3v) is 6.42. The topological polar surface area (TPSA) is 77.9 Å². The Hall–Kier alpha value is -3.88. The molecule has 1 N–H and O–H groups in total.